The van der Waals surface area contributed by atoms with E-state index < -0.39 is 18.8 Å². The van der Waals surface area contributed by atoms with Crippen molar-refractivity contribution in [2.45, 2.75) is 40.0 Å². The number of urea groups is 1. The normalized spacial score (nSPS) is 11.2. The molecule has 0 spiro atoms. The minimum Gasteiger partial charge on any atom is -0.491 e. The number of hydrogen-bond donors (Lipinski definition) is 2. The third-order valence-corrected chi connectivity index (χ3v) is 4.97. The second-order valence-corrected chi connectivity index (χ2v) is 8.13. The van der Waals surface area contributed by atoms with Gasteiger partial charge in [0.05, 0.1) is 18.0 Å². The van der Waals surface area contributed by atoms with E-state index in [0.717, 1.165) is 11.1 Å². The predicted octanol–water partition coefficient (Wildman–Crippen LogP) is 7.30. The Morgan fingerprint density at radius 3 is 2.35 bits per heavy atom. The molecule has 10 heteroatoms. The van der Waals surface area contributed by atoms with Gasteiger partial charge >= 0.3 is 12.2 Å². The lowest BCUT2D eigenvalue weighted by atomic mass is 10.1. The van der Waals surface area contributed by atoms with Crippen LogP contribution in [0.25, 0.3) is 28.0 Å². The number of benzene rings is 2. The molecule has 37 heavy (non-hydrogen) atoms. The quantitative estimate of drug-likeness (QED) is 0.264. The number of nitrogens with zero attached hydrogens (tertiary/aromatic N) is 2. The smallest absolute Gasteiger partial charge is 0.405 e. The fraction of sp³-hybridized carbons (Fsp3) is 0.259. The van der Waals surface area contributed by atoms with Gasteiger partial charge in [-0.25, -0.2) is 14.2 Å². The van der Waals surface area contributed by atoms with Crippen LogP contribution in [0.15, 0.2) is 67.0 Å². The summed E-state index contributed by atoms with van der Waals surface area (Å²) < 4.78 is 58.1. The van der Waals surface area contributed by atoms with E-state index in [1.165, 1.54) is 18.2 Å². The average molecular weight is 517 g/mol. The largest absolute Gasteiger partial charge is 0.491 e. The van der Waals surface area contributed by atoms with Crippen molar-refractivity contribution in [2.24, 2.45) is 0 Å². The standard InChI is InChI=1S/C25H22F4N4O2.C2H6/c1-15(2)35-21-10-18(9-20(12-21)32-24(34)31-14-25(27,28)29)22-13-30-23-11-17(7-8-33(22)23)16-3-5-19(26)6-4-16;1-2/h3-13,15H,14H2,1-2H3,(H2,31,32,34);1-2H3. The number of aromatic nitrogens is 2. The van der Waals surface area contributed by atoms with Crippen LogP contribution in [-0.4, -0.2) is 34.2 Å². The van der Waals surface area contributed by atoms with Crippen LogP contribution in [0.1, 0.15) is 27.7 Å². The number of carbonyl (C=O) groups is 1. The Morgan fingerprint density at radius 2 is 1.70 bits per heavy atom. The summed E-state index contributed by atoms with van der Waals surface area (Å²) in [7, 11) is 0. The number of anilines is 1. The van der Waals surface area contributed by atoms with Crippen molar-refractivity contribution < 1.29 is 27.1 Å². The molecule has 0 atom stereocenters. The maximum absolute atomic E-state index is 13.3. The van der Waals surface area contributed by atoms with Crippen LogP contribution < -0.4 is 15.4 Å². The molecule has 0 saturated carbocycles. The van der Waals surface area contributed by atoms with Gasteiger partial charge in [0.1, 0.15) is 23.8 Å². The van der Waals surface area contributed by atoms with Gasteiger partial charge in [-0.15, -0.1) is 0 Å². The van der Waals surface area contributed by atoms with Crippen molar-refractivity contribution in [3.05, 3.63) is 72.8 Å². The maximum Gasteiger partial charge on any atom is 0.405 e. The number of nitrogens with one attached hydrogen (secondary N) is 2. The summed E-state index contributed by atoms with van der Waals surface area (Å²) >= 11 is 0. The predicted molar refractivity (Wildman–Crippen MR) is 136 cm³/mol. The zero-order valence-corrected chi connectivity index (χ0v) is 20.9. The summed E-state index contributed by atoms with van der Waals surface area (Å²) in [5.74, 6) is 0.111. The Balaban J connectivity index is 0.00000186. The number of ether oxygens (including phenoxy) is 1. The van der Waals surface area contributed by atoms with Gasteiger partial charge in [0.25, 0.3) is 0 Å². The van der Waals surface area contributed by atoms with Crippen molar-refractivity contribution >= 4 is 17.4 Å². The van der Waals surface area contributed by atoms with Crippen molar-refractivity contribution in [2.75, 3.05) is 11.9 Å². The molecule has 2 amide bonds. The van der Waals surface area contributed by atoms with Gasteiger partial charge in [0, 0.05) is 23.5 Å². The number of alkyl halides is 3. The van der Waals surface area contributed by atoms with Crippen molar-refractivity contribution in [1.82, 2.24) is 14.7 Å². The summed E-state index contributed by atoms with van der Waals surface area (Å²) in [6.45, 7) is 6.22. The molecule has 0 aliphatic rings. The summed E-state index contributed by atoms with van der Waals surface area (Å²) in [5, 5.41) is 4.21. The second kappa shape index (κ2) is 11.8. The van der Waals surface area contributed by atoms with Crippen LogP contribution in [-0.2, 0) is 0 Å². The number of hydrogen-bond acceptors (Lipinski definition) is 3. The third kappa shape index (κ3) is 7.45. The van der Waals surface area contributed by atoms with Gasteiger partial charge in [-0.2, -0.15) is 13.2 Å². The van der Waals surface area contributed by atoms with Gasteiger partial charge in [-0.1, -0.05) is 26.0 Å². The van der Waals surface area contributed by atoms with Gasteiger partial charge in [-0.05, 0) is 61.4 Å². The van der Waals surface area contributed by atoms with Gasteiger partial charge < -0.3 is 15.4 Å². The summed E-state index contributed by atoms with van der Waals surface area (Å²) in [5.41, 5.74) is 3.90. The van der Waals surface area contributed by atoms with Crippen LogP contribution in [0.4, 0.5) is 28.0 Å². The lowest BCUT2D eigenvalue weighted by Gasteiger charge is -2.15. The van der Waals surface area contributed by atoms with E-state index >= 15 is 0 Å². The molecule has 2 aromatic heterocycles. The van der Waals surface area contributed by atoms with Crippen LogP contribution in [0.3, 0.4) is 0 Å². The van der Waals surface area contributed by atoms with Crippen molar-refractivity contribution in [3.63, 3.8) is 0 Å². The first kappa shape index (κ1) is 27.5. The Bertz CT molecular complexity index is 1350. The van der Waals surface area contributed by atoms with Crippen molar-refractivity contribution in [3.8, 4) is 28.1 Å². The third-order valence-electron chi connectivity index (χ3n) is 4.97. The van der Waals surface area contributed by atoms with E-state index in [-0.39, 0.29) is 17.6 Å². The van der Waals surface area contributed by atoms with Crippen LogP contribution in [0.5, 0.6) is 5.75 Å². The highest BCUT2D eigenvalue weighted by Crippen LogP contribution is 2.31. The van der Waals surface area contributed by atoms with Crippen LogP contribution in [0, 0.1) is 5.82 Å². The molecule has 0 fully saturated rings. The minimum atomic E-state index is -4.52. The molecule has 0 aliphatic heterocycles. The molecule has 0 aliphatic carbocycles. The molecule has 0 unspecified atom stereocenters. The molecule has 2 heterocycles. The van der Waals surface area contributed by atoms with E-state index in [2.05, 4.69) is 10.3 Å². The number of rotatable bonds is 6. The fourth-order valence-corrected chi connectivity index (χ4v) is 3.53. The monoisotopic (exact) mass is 516 g/mol. The number of imidazole rings is 1. The van der Waals surface area contributed by atoms with E-state index in [4.69, 9.17) is 4.74 Å². The molecule has 2 aromatic carbocycles. The van der Waals surface area contributed by atoms with E-state index in [9.17, 15) is 22.4 Å². The lowest BCUT2D eigenvalue weighted by Crippen LogP contribution is -2.36. The Hall–Kier alpha value is -4.08. The lowest BCUT2D eigenvalue weighted by molar-refractivity contribution is -0.122. The molecule has 6 nitrogen and oxygen atoms in total. The maximum atomic E-state index is 13.3. The van der Waals surface area contributed by atoms with Gasteiger partial charge in [0.2, 0.25) is 0 Å². The second-order valence-electron chi connectivity index (χ2n) is 8.13. The molecular formula is C27H28F4N4O2. The van der Waals surface area contributed by atoms with Gasteiger partial charge in [-0.3, -0.25) is 4.40 Å². The summed E-state index contributed by atoms with van der Waals surface area (Å²) in [6.07, 6.45) is -1.23. The number of halogens is 4. The molecule has 4 rings (SSSR count). The Labute approximate surface area is 212 Å². The van der Waals surface area contributed by atoms with E-state index in [1.807, 2.05) is 50.4 Å². The van der Waals surface area contributed by atoms with Crippen LogP contribution in [0.2, 0.25) is 0 Å². The molecule has 0 bridgehead atoms. The first-order valence-electron chi connectivity index (χ1n) is 11.7. The molecule has 0 radical (unpaired) electrons. The molecular weight excluding hydrogens is 488 g/mol. The zero-order valence-electron chi connectivity index (χ0n) is 20.9. The van der Waals surface area contributed by atoms with E-state index in [0.29, 0.717) is 22.7 Å². The average Bonchev–Trinajstić information content (AvgIpc) is 3.27. The highest BCUT2D eigenvalue weighted by Gasteiger charge is 2.27. The van der Waals surface area contributed by atoms with Crippen LogP contribution >= 0.6 is 0 Å². The SMILES string of the molecule is CC.CC(C)Oc1cc(NC(=O)NCC(F)(F)F)cc(-c2cnc3cc(-c4ccc(F)cc4)ccn23)c1. The Morgan fingerprint density at radius 1 is 1.00 bits per heavy atom. The number of amides is 2. The van der Waals surface area contributed by atoms with Crippen molar-refractivity contribution in [1.29, 1.82) is 0 Å². The highest BCUT2D eigenvalue weighted by atomic mass is 19.4. The van der Waals surface area contributed by atoms with Gasteiger partial charge in [0.15, 0.2) is 0 Å². The zero-order chi connectivity index (χ0) is 27.2. The Kier molecular flexibility index (Phi) is 8.75. The number of fused-ring (bicyclic) bond motifs is 1. The number of pyridine rings is 1. The number of carbonyl (C=O) groups excluding carboxylic acids is 1. The summed E-state index contributed by atoms with van der Waals surface area (Å²) in [4.78, 5) is 16.5. The first-order chi connectivity index (χ1) is 17.6. The topological polar surface area (TPSA) is 67.7 Å². The first-order valence-corrected chi connectivity index (χ1v) is 11.7. The molecule has 0 saturated heterocycles. The van der Waals surface area contributed by atoms with E-state index in [1.54, 1.807) is 35.8 Å². The molecule has 4 aromatic rings. The fourth-order valence-electron chi connectivity index (χ4n) is 3.53. The molecule has 196 valence electrons. The summed E-state index contributed by atoms with van der Waals surface area (Å²) in [6, 6.07) is 13.8. The minimum absolute atomic E-state index is 0.169. The molecule has 2 N–H and O–H groups in total. The highest BCUT2D eigenvalue weighted by molar-refractivity contribution is 5.90.